The second-order valence-corrected chi connectivity index (χ2v) is 3.84. The van der Waals surface area contributed by atoms with Crippen molar-refractivity contribution in [2.24, 2.45) is 5.73 Å². The van der Waals surface area contributed by atoms with Gasteiger partial charge in [0.1, 0.15) is 0 Å². The molecule has 1 aromatic rings. The number of ether oxygens (including phenoxy) is 2. The van der Waals surface area contributed by atoms with Crippen molar-refractivity contribution in [3.63, 3.8) is 0 Å². The summed E-state index contributed by atoms with van der Waals surface area (Å²) in [7, 11) is 3.19. The van der Waals surface area contributed by atoms with Gasteiger partial charge in [-0.3, -0.25) is 0 Å². The van der Waals surface area contributed by atoms with E-state index in [1.54, 1.807) is 20.3 Å². The van der Waals surface area contributed by atoms with Gasteiger partial charge in [-0.25, -0.2) is 0 Å². The number of methoxy groups -OCH3 is 2. The molecule has 2 N–H and O–H groups in total. The zero-order valence-electron chi connectivity index (χ0n) is 9.20. The molecule has 16 heavy (non-hydrogen) atoms. The lowest BCUT2D eigenvalue weighted by Crippen LogP contribution is -2.07. The Morgan fingerprint density at radius 3 is 2.25 bits per heavy atom. The quantitative estimate of drug-likeness (QED) is 0.869. The van der Waals surface area contributed by atoms with E-state index < -0.39 is 0 Å². The first-order chi connectivity index (χ1) is 7.13. The molecule has 0 saturated heterocycles. The number of rotatable bonds is 4. The van der Waals surface area contributed by atoms with E-state index in [2.05, 4.69) is 22.5 Å². The molecule has 0 aromatic heterocycles. The van der Waals surface area contributed by atoms with Gasteiger partial charge in [-0.15, -0.1) is 19.0 Å². The summed E-state index contributed by atoms with van der Waals surface area (Å²) in [6, 6.07) is 3.45. The van der Waals surface area contributed by atoms with Crippen molar-refractivity contribution in [2.75, 3.05) is 14.2 Å². The molecule has 0 amide bonds. The molecule has 0 heterocycles. The normalized spacial score (nSPS) is 11.2. The summed E-state index contributed by atoms with van der Waals surface area (Å²) < 4.78 is 11.2. The van der Waals surface area contributed by atoms with Crippen molar-refractivity contribution in [2.45, 2.75) is 6.04 Å². The number of hydrogen-bond acceptors (Lipinski definition) is 3. The first-order valence-corrected chi connectivity index (χ1v) is 5.23. The molecule has 0 radical (unpaired) electrons. The van der Waals surface area contributed by atoms with Gasteiger partial charge in [0.05, 0.1) is 14.2 Å². The lowest BCUT2D eigenvalue weighted by Gasteiger charge is -2.14. The molecule has 5 heteroatoms. The van der Waals surface area contributed by atoms with Crippen molar-refractivity contribution < 1.29 is 9.47 Å². The first-order valence-electron chi connectivity index (χ1n) is 4.43. The van der Waals surface area contributed by atoms with Crippen LogP contribution in [-0.2, 0) is 0 Å². The molecule has 1 rings (SSSR count). The third kappa shape index (κ3) is 3.14. The fourth-order valence-electron chi connectivity index (χ4n) is 1.25. The number of nitrogens with two attached hydrogens (primary N) is 1. The van der Waals surface area contributed by atoms with Crippen LogP contribution in [0.1, 0.15) is 11.6 Å². The Bertz CT molecular complexity index is 371. The molecule has 3 nitrogen and oxygen atoms in total. The smallest absolute Gasteiger partial charge is 0.161 e. The molecule has 1 atom stereocenters. The Kier molecular flexibility index (Phi) is 6.48. The van der Waals surface area contributed by atoms with Gasteiger partial charge >= 0.3 is 0 Å². The highest BCUT2D eigenvalue weighted by Crippen LogP contribution is 2.35. The van der Waals surface area contributed by atoms with Gasteiger partial charge in [-0.1, -0.05) is 22.0 Å². The minimum Gasteiger partial charge on any atom is -0.493 e. The van der Waals surface area contributed by atoms with Crippen LogP contribution in [-0.4, -0.2) is 14.2 Å². The van der Waals surface area contributed by atoms with Gasteiger partial charge in [0, 0.05) is 10.5 Å². The van der Waals surface area contributed by atoms with Gasteiger partial charge in [0.2, 0.25) is 0 Å². The average molecular weight is 309 g/mol. The lowest BCUT2D eigenvalue weighted by molar-refractivity contribution is 0.354. The van der Waals surface area contributed by atoms with E-state index in [0.29, 0.717) is 11.5 Å². The van der Waals surface area contributed by atoms with E-state index >= 15 is 0 Å². The van der Waals surface area contributed by atoms with Crippen LogP contribution < -0.4 is 15.2 Å². The Hall–Kier alpha value is -0.710. The topological polar surface area (TPSA) is 44.5 Å². The average Bonchev–Trinajstić information content (AvgIpc) is 2.27. The van der Waals surface area contributed by atoms with Crippen LogP contribution in [0, 0.1) is 0 Å². The van der Waals surface area contributed by atoms with E-state index in [1.165, 1.54) is 0 Å². The predicted molar refractivity (Wildman–Crippen MR) is 71.6 cm³/mol. The van der Waals surface area contributed by atoms with Crippen molar-refractivity contribution in [3.8, 4) is 11.5 Å². The lowest BCUT2D eigenvalue weighted by atomic mass is 10.1. The SMILES string of the molecule is C=C[C@@H](N)c1cc(OC)c(OC)cc1Br.Cl. The minimum atomic E-state index is -0.223. The summed E-state index contributed by atoms with van der Waals surface area (Å²) in [6.07, 6.45) is 1.67. The molecule has 0 bridgehead atoms. The first kappa shape index (κ1) is 15.3. The Morgan fingerprint density at radius 2 is 1.81 bits per heavy atom. The van der Waals surface area contributed by atoms with Crippen LogP contribution in [0.15, 0.2) is 29.3 Å². The summed E-state index contributed by atoms with van der Waals surface area (Å²) in [4.78, 5) is 0. The van der Waals surface area contributed by atoms with Gasteiger partial charge < -0.3 is 15.2 Å². The van der Waals surface area contributed by atoms with Gasteiger partial charge in [-0.2, -0.15) is 0 Å². The van der Waals surface area contributed by atoms with Gasteiger partial charge in [-0.05, 0) is 17.7 Å². The molecule has 1 aromatic carbocycles. The molecule has 0 unspecified atom stereocenters. The highest BCUT2D eigenvalue weighted by atomic mass is 79.9. The summed E-state index contributed by atoms with van der Waals surface area (Å²) in [5.74, 6) is 1.33. The summed E-state index contributed by atoms with van der Waals surface area (Å²) in [5.41, 5.74) is 6.78. The molecule has 0 saturated carbocycles. The van der Waals surface area contributed by atoms with E-state index in [4.69, 9.17) is 15.2 Å². The monoisotopic (exact) mass is 307 g/mol. The minimum absolute atomic E-state index is 0. The highest BCUT2D eigenvalue weighted by Gasteiger charge is 2.12. The maximum atomic E-state index is 5.87. The molecule has 0 fully saturated rings. The Balaban J connectivity index is 0.00000225. The molecular formula is C11H15BrClNO2. The summed E-state index contributed by atoms with van der Waals surface area (Å²) >= 11 is 3.43. The van der Waals surface area contributed by atoms with Crippen LogP contribution in [0.5, 0.6) is 11.5 Å². The molecule has 0 aliphatic rings. The third-order valence-corrected chi connectivity index (χ3v) is 2.80. The number of benzene rings is 1. The van der Waals surface area contributed by atoms with Crippen molar-refractivity contribution in [1.29, 1.82) is 0 Å². The van der Waals surface area contributed by atoms with E-state index in [-0.39, 0.29) is 18.4 Å². The maximum Gasteiger partial charge on any atom is 0.161 e. The number of hydrogen-bond donors (Lipinski definition) is 1. The van der Waals surface area contributed by atoms with Crippen molar-refractivity contribution in [1.82, 2.24) is 0 Å². The number of halogens is 2. The second-order valence-electron chi connectivity index (χ2n) is 2.99. The zero-order chi connectivity index (χ0) is 11.4. The molecule has 0 aliphatic carbocycles. The Morgan fingerprint density at radius 1 is 1.31 bits per heavy atom. The van der Waals surface area contributed by atoms with Gasteiger partial charge in [0.25, 0.3) is 0 Å². The Labute approximate surface area is 110 Å². The van der Waals surface area contributed by atoms with Crippen molar-refractivity contribution >= 4 is 28.3 Å². The zero-order valence-corrected chi connectivity index (χ0v) is 11.6. The second kappa shape index (κ2) is 6.78. The third-order valence-electron chi connectivity index (χ3n) is 2.12. The molecule has 0 aliphatic heterocycles. The van der Waals surface area contributed by atoms with Gasteiger partial charge in [0.15, 0.2) is 11.5 Å². The van der Waals surface area contributed by atoms with E-state index in [9.17, 15) is 0 Å². The van der Waals surface area contributed by atoms with Crippen LogP contribution in [0.2, 0.25) is 0 Å². The maximum absolute atomic E-state index is 5.87. The summed E-state index contributed by atoms with van der Waals surface area (Å²) in [5, 5.41) is 0. The van der Waals surface area contributed by atoms with E-state index in [1.807, 2.05) is 12.1 Å². The summed E-state index contributed by atoms with van der Waals surface area (Å²) in [6.45, 7) is 3.66. The standard InChI is InChI=1S/C11H14BrNO2.ClH/c1-4-9(13)7-5-10(14-2)11(15-3)6-8(7)12;/h4-6,9H,1,13H2,2-3H3;1H/t9-;/m1./s1. The van der Waals surface area contributed by atoms with Crippen LogP contribution >= 0.6 is 28.3 Å². The largest absolute Gasteiger partial charge is 0.493 e. The molecule has 0 spiro atoms. The molecular weight excluding hydrogens is 293 g/mol. The fraction of sp³-hybridized carbons (Fsp3) is 0.273. The highest BCUT2D eigenvalue weighted by molar-refractivity contribution is 9.10. The predicted octanol–water partition coefficient (Wildman–Crippen LogP) is 3.07. The van der Waals surface area contributed by atoms with Crippen LogP contribution in [0.3, 0.4) is 0 Å². The van der Waals surface area contributed by atoms with E-state index in [0.717, 1.165) is 10.0 Å². The fourth-order valence-corrected chi connectivity index (χ4v) is 1.84. The molecule has 90 valence electrons. The van der Waals surface area contributed by atoms with Crippen LogP contribution in [0.4, 0.5) is 0 Å². The van der Waals surface area contributed by atoms with Crippen molar-refractivity contribution in [3.05, 3.63) is 34.8 Å². The van der Waals surface area contributed by atoms with Crippen LogP contribution in [0.25, 0.3) is 0 Å².